The van der Waals surface area contributed by atoms with Gasteiger partial charge in [-0.05, 0) is 67.2 Å². The summed E-state index contributed by atoms with van der Waals surface area (Å²) < 4.78 is 1.77. The van der Waals surface area contributed by atoms with Gasteiger partial charge in [0.1, 0.15) is 0 Å². The predicted octanol–water partition coefficient (Wildman–Crippen LogP) is 2.37. The molecule has 2 aliphatic carbocycles. The van der Waals surface area contributed by atoms with Crippen LogP contribution >= 0.6 is 0 Å². The van der Waals surface area contributed by atoms with Crippen LogP contribution in [0.5, 0.6) is 0 Å². The molecule has 2 aromatic heterocycles. The van der Waals surface area contributed by atoms with Crippen LogP contribution in [0.15, 0.2) is 41.8 Å². The smallest absolute Gasteiger partial charge is 0.191 e. The summed E-state index contributed by atoms with van der Waals surface area (Å²) in [7, 11) is 1.83. The maximum absolute atomic E-state index is 4.37. The van der Waals surface area contributed by atoms with E-state index in [1.165, 1.54) is 25.7 Å². The molecule has 6 nitrogen and oxygen atoms in total. The van der Waals surface area contributed by atoms with Crippen molar-refractivity contribution in [1.29, 1.82) is 0 Å². The number of nitrogens with one attached hydrogen (secondary N) is 2. The van der Waals surface area contributed by atoms with Crippen molar-refractivity contribution in [2.24, 2.45) is 22.7 Å². The molecule has 2 N–H and O–H groups in total. The third kappa shape index (κ3) is 4.18. The van der Waals surface area contributed by atoms with Crippen molar-refractivity contribution >= 4 is 5.96 Å². The van der Waals surface area contributed by atoms with Crippen molar-refractivity contribution in [2.45, 2.75) is 32.2 Å². The standard InChI is InChI=1S/C19H26N6/c1-20-19(23-13-17(15-3-4-15)16-5-6-16)22-12-14-7-9-21-18(11-14)25-10-2-8-24-25/h2,7-11,15-17H,3-6,12-13H2,1H3,(H2,20,22,23). The molecule has 0 amide bonds. The average Bonchev–Trinajstić information content (AvgIpc) is 3.58. The lowest BCUT2D eigenvalue weighted by Crippen LogP contribution is -2.40. The molecule has 2 saturated carbocycles. The van der Waals surface area contributed by atoms with Gasteiger partial charge in [-0.25, -0.2) is 9.67 Å². The van der Waals surface area contributed by atoms with E-state index in [2.05, 4.69) is 25.7 Å². The van der Waals surface area contributed by atoms with Gasteiger partial charge in [-0.1, -0.05) is 0 Å². The predicted molar refractivity (Wildman–Crippen MR) is 98.5 cm³/mol. The highest BCUT2D eigenvalue weighted by Crippen LogP contribution is 2.48. The average molecular weight is 338 g/mol. The highest BCUT2D eigenvalue weighted by Gasteiger charge is 2.41. The molecular formula is C19H26N6. The van der Waals surface area contributed by atoms with E-state index < -0.39 is 0 Å². The zero-order valence-corrected chi connectivity index (χ0v) is 14.7. The van der Waals surface area contributed by atoms with E-state index in [1.54, 1.807) is 10.9 Å². The Bertz CT molecular complexity index is 703. The minimum atomic E-state index is 0.716. The first-order valence-electron chi connectivity index (χ1n) is 9.23. The van der Waals surface area contributed by atoms with Crippen molar-refractivity contribution in [3.63, 3.8) is 0 Å². The first kappa shape index (κ1) is 16.1. The largest absolute Gasteiger partial charge is 0.356 e. The van der Waals surface area contributed by atoms with Crippen LogP contribution in [-0.2, 0) is 6.54 Å². The van der Waals surface area contributed by atoms with Crippen LogP contribution in [0.1, 0.15) is 31.2 Å². The highest BCUT2D eigenvalue weighted by atomic mass is 15.3. The summed E-state index contributed by atoms with van der Waals surface area (Å²) in [4.78, 5) is 8.74. The summed E-state index contributed by atoms with van der Waals surface area (Å²) >= 11 is 0. The molecule has 6 heteroatoms. The Morgan fingerprint density at radius 2 is 2.04 bits per heavy atom. The molecule has 2 heterocycles. The summed E-state index contributed by atoms with van der Waals surface area (Å²) in [6.07, 6.45) is 11.2. The number of nitrogens with zero attached hydrogens (tertiary/aromatic N) is 4. The normalized spacial score (nSPS) is 17.8. The van der Waals surface area contributed by atoms with Gasteiger partial charge in [0, 0.05) is 38.7 Å². The maximum atomic E-state index is 4.37. The molecule has 0 saturated heterocycles. The second-order valence-electron chi connectivity index (χ2n) is 7.12. The number of pyridine rings is 1. The van der Waals surface area contributed by atoms with E-state index in [1.807, 2.05) is 37.6 Å². The van der Waals surface area contributed by atoms with Crippen LogP contribution in [0.4, 0.5) is 0 Å². The van der Waals surface area contributed by atoms with Crippen LogP contribution in [0.2, 0.25) is 0 Å². The quantitative estimate of drug-likeness (QED) is 0.601. The molecule has 0 unspecified atom stereocenters. The third-order valence-electron chi connectivity index (χ3n) is 5.19. The van der Waals surface area contributed by atoms with Crippen LogP contribution < -0.4 is 10.6 Å². The number of aliphatic imine (C=N–C) groups is 1. The van der Waals surface area contributed by atoms with Crippen molar-refractivity contribution < 1.29 is 0 Å². The maximum Gasteiger partial charge on any atom is 0.191 e. The number of rotatable bonds is 7. The molecule has 0 aliphatic heterocycles. The van der Waals surface area contributed by atoms with Gasteiger partial charge in [0.15, 0.2) is 11.8 Å². The van der Waals surface area contributed by atoms with Gasteiger partial charge in [0.2, 0.25) is 0 Å². The molecule has 0 aromatic carbocycles. The zero-order valence-electron chi connectivity index (χ0n) is 14.7. The fourth-order valence-corrected chi connectivity index (χ4v) is 3.49. The molecule has 132 valence electrons. The summed E-state index contributed by atoms with van der Waals surface area (Å²) in [5.41, 5.74) is 1.16. The van der Waals surface area contributed by atoms with Gasteiger partial charge in [0.25, 0.3) is 0 Å². The van der Waals surface area contributed by atoms with Gasteiger partial charge in [-0.3, -0.25) is 4.99 Å². The molecular weight excluding hydrogens is 312 g/mol. The van der Waals surface area contributed by atoms with E-state index in [-0.39, 0.29) is 0 Å². The lowest BCUT2D eigenvalue weighted by molar-refractivity contribution is 0.400. The fourth-order valence-electron chi connectivity index (χ4n) is 3.49. The Morgan fingerprint density at radius 3 is 2.68 bits per heavy atom. The van der Waals surface area contributed by atoms with Crippen molar-refractivity contribution in [3.8, 4) is 5.82 Å². The van der Waals surface area contributed by atoms with Crippen molar-refractivity contribution in [2.75, 3.05) is 13.6 Å². The summed E-state index contributed by atoms with van der Waals surface area (Å²) in [6, 6.07) is 5.96. The second kappa shape index (κ2) is 7.25. The first-order valence-corrected chi connectivity index (χ1v) is 9.23. The fraction of sp³-hybridized carbons (Fsp3) is 0.526. The van der Waals surface area contributed by atoms with Crippen LogP contribution in [-0.4, -0.2) is 34.3 Å². The first-order chi connectivity index (χ1) is 12.3. The monoisotopic (exact) mass is 338 g/mol. The molecule has 25 heavy (non-hydrogen) atoms. The van der Waals surface area contributed by atoms with Gasteiger partial charge in [-0.15, -0.1) is 0 Å². The van der Waals surface area contributed by atoms with E-state index in [0.717, 1.165) is 41.6 Å². The molecule has 2 fully saturated rings. The lowest BCUT2D eigenvalue weighted by atomic mass is 9.98. The van der Waals surface area contributed by atoms with E-state index in [0.29, 0.717) is 6.54 Å². The molecule has 2 aromatic rings. The molecule has 0 bridgehead atoms. The topological polar surface area (TPSA) is 67.1 Å². The Hall–Kier alpha value is -2.37. The Morgan fingerprint density at radius 1 is 1.24 bits per heavy atom. The molecule has 0 atom stereocenters. The number of guanidine groups is 1. The number of aromatic nitrogens is 3. The number of hydrogen-bond donors (Lipinski definition) is 2. The van der Waals surface area contributed by atoms with Crippen molar-refractivity contribution in [1.82, 2.24) is 25.4 Å². The van der Waals surface area contributed by atoms with Crippen LogP contribution in [0.25, 0.3) is 5.82 Å². The van der Waals surface area contributed by atoms with Crippen LogP contribution in [0.3, 0.4) is 0 Å². The van der Waals surface area contributed by atoms with E-state index >= 15 is 0 Å². The summed E-state index contributed by atoms with van der Waals surface area (Å²) in [5.74, 6) is 4.45. The SMILES string of the molecule is CN=C(NCc1ccnc(-n2cccn2)c1)NCC(C1CC1)C1CC1. The van der Waals surface area contributed by atoms with Crippen molar-refractivity contribution in [3.05, 3.63) is 42.4 Å². The molecule has 4 rings (SSSR count). The van der Waals surface area contributed by atoms with Gasteiger partial charge in [0.05, 0.1) is 0 Å². The number of hydrogen-bond acceptors (Lipinski definition) is 3. The Labute approximate surface area is 148 Å². The van der Waals surface area contributed by atoms with Gasteiger partial charge >= 0.3 is 0 Å². The van der Waals surface area contributed by atoms with Gasteiger partial charge < -0.3 is 10.6 Å². The van der Waals surface area contributed by atoms with E-state index in [9.17, 15) is 0 Å². The summed E-state index contributed by atoms with van der Waals surface area (Å²) in [5, 5.41) is 11.2. The van der Waals surface area contributed by atoms with Gasteiger partial charge in [-0.2, -0.15) is 5.10 Å². The lowest BCUT2D eigenvalue weighted by Gasteiger charge is -2.19. The molecule has 0 spiro atoms. The third-order valence-corrected chi connectivity index (χ3v) is 5.19. The minimum absolute atomic E-state index is 0.716. The highest BCUT2D eigenvalue weighted by molar-refractivity contribution is 5.79. The molecule has 0 radical (unpaired) electrons. The Balaban J connectivity index is 1.31. The summed E-state index contributed by atoms with van der Waals surface area (Å²) in [6.45, 7) is 1.76. The van der Waals surface area contributed by atoms with E-state index in [4.69, 9.17) is 0 Å². The minimum Gasteiger partial charge on any atom is -0.356 e. The molecule has 2 aliphatic rings. The van der Waals surface area contributed by atoms with Crippen LogP contribution in [0, 0.1) is 17.8 Å². The second-order valence-corrected chi connectivity index (χ2v) is 7.12. The zero-order chi connectivity index (χ0) is 17.1. The Kier molecular flexibility index (Phi) is 4.68.